The van der Waals surface area contributed by atoms with Crippen molar-refractivity contribution in [2.24, 2.45) is 5.92 Å². The molecule has 0 amide bonds. The van der Waals surface area contributed by atoms with Crippen LogP contribution in [0, 0.1) is 5.92 Å². The minimum atomic E-state index is -0.542. The SMILES string of the molecule is C=CC[C@@H]1OC(O)C[C@@H]1C. The molecule has 0 radical (unpaired) electrons. The van der Waals surface area contributed by atoms with E-state index in [-0.39, 0.29) is 6.10 Å². The van der Waals surface area contributed by atoms with E-state index in [1.165, 1.54) is 0 Å². The lowest BCUT2D eigenvalue weighted by atomic mass is 10.0. The molecule has 1 saturated heterocycles. The van der Waals surface area contributed by atoms with Crippen molar-refractivity contribution in [2.45, 2.75) is 32.2 Å². The fourth-order valence-electron chi connectivity index (χ4n) is 1.31. The smallest absolute Gasteiger partial charge is 0.155 e. The second-order valence-electron chi connectivity index (χ2n) is 2.87. The van der Waals surface area contributed by atoms with Gasteiger partial charge in [0.1, 0.15) is 0 Å². The Morgan fingerprint density at radius 3 is 2.90 bits per heavy atom. The Morgan fingerprint density at radius 2 is 2.50 bits per heavy atom. The van der Waals surface area contributed by atoms with Gasteiger partial charge in [-0.3, -0.25) is 0 Å². The van der Waals surface area contributed by atoms with E-state index in [0.717, 1.165) is 12.8 Å². The maximum absolute atomic E-state index is 9.04. The van der Waals surface area contributed by atoms with Crippen LogP contribution in [0.3, 0.4) is 0 Å². The van der Waals surface area contributed by atoms with Crippen molar-refractivity contribution < 1.29 is 9.84 Å². The van der Waals surface area contributed by atoms with Crippen LogP contribution >= 0.6 is 0 Å². The van der Waals surface area contributed by atoms with Gasteiger partial charge in [-0.1, -0.05) is 13.0 Å². The van der Waals surface area contributed by atoms with Crippen molar-refractivity contribution in [2.75, 3.05) is 0 Å². The Kier molecular flexibility index (Phi) is 2.46. The van der Waals surface area contributed by atoms with Gasteiger partial charge < -0.3 is 9.84 Å². The van der Waals surface area contributed by atoms with Crippen molar-refractivity contribution in [3.8, 4) is 0 Å². The second-order valence-corrected chi connectivity index (χ2v) is 2.87. The predicted molar refractivity (Wildman–Crippen MR) is 39.5 cm³/mol. The van der Waals surface area contributed by atoms with Crippen molar-refractivity contribution in [3.63, 3.8) is 0 Å². The first-order valence-electron chi connectivity index (χ1n) is 3.68. The van der Waals surface area contributed by atoms with Gasteiger partial charge in [-0.25, -0.2) is 0 Å². The van der Waals surface area contributed by atoms with Crippen LogP contribution in [0.4, 0.5) is 0 Å². The summed E-state index contributed by atoms with van der Waals surface area (Å²) in [5, 5.41) is 9.04. The van der Waals surface area contributed by atoms with Crippen molar-refractivity contribution >= 4 is 0 Å². The van der Waals surface area contributed by atoms with E-state index in [1.54, 1.807) is 0 Å². The summed E-state index contributed by atoms with van der Waals surface area (Å²) in [5.74, 6) is 0.466. The molecule has 3 atom stereocenters. The summed E-state index contributed by atoms with van der Waals surface area (Å²) in [5.41, 5.74) is 0. The molecule has 0 spiro atoms. The van der Waals surface area contributed by atoms with E-state index in [2.05, 4.69) is 13.5 Å². The van der Waals surface area contributed by atoms with Crippen molar-refractivity contribution in [3.05, 3.63) is 12.7 Å². The lowest BCUT2D eigenvalue weighted by Crippen LogP contribution is -2.12. The number of ether oxygens (including phenoxy) is 1. The summed E-state index contributed by atoms with van der Waals surface area (Å²) in [6, 6.07) is 0. The van der Waals surface area contributed by atoms with E-state index in [4.69, 9.17) is 9.84 Å². The summed E-state index contributed by atoms with van der Waals surface area (Å²) >= 11 is 0. The molecule has 0 bridgehead atoms. The Morgan fingerprint density at radius 1 is 1.80 bits per heavy atom. The lowest BCUT2D eigenvalue weighted by molar-refractivity contribution is -0.0904. The van der Waals surface area contributed by atoms with Crippen LogP contribution in [0.1, 0.15) is 19.8 Å². The number of hydrogen-bond acceptors (Lipinski definition) is 2. The van der Waals surface area contributed by atoms with Crippen LogP contribution in [0.5, 0.6) is 0 Å². The van der Waals surface area contributed by atoms with Gasteiger partial charge in [0.2, 0.25) is 0 Å². The molecule has 0 aromatic carbocycles. The Labute approximate surface area is 61.5 Å². The Balaban J connectivity index is 2.38. The van der Waals surface area contributed by atoms with Gasteiger partial charge >= 0.3 is 0 Å². The monoisotopic (exact) mass is 142 g/mol. The van der Waals surface area contributed by atoms with Crippen LogP contribution in [-0.2, 0) is 4.74 Å². The highest BCUT2D eigenvalue weighted by molar-refractivity contribution is 4.81. The minimum Gasteiger partial charge on any atom is -0.368 e. The normalized spacial score (nSPS) is 40.0. The third kappa shape index (κ3) is 1.58. The lowest BCUT2D eigenvalue weighted by Gasteiger charge is -2.10. The van der Waals surface area contributed by atoms with Gasteiger partial charge in [0.05, 0.1) is 6.10 Å². The molecule has 0 aromatic rings. The molecule has 1 unspecified atom stereocenters. The van der Waals surface area contributed by atoms with Gasteiger partial charge in [0.25, 0.3) is 0 Å². The summed E-state index contributed by atoms with van der Waals surface area (Å²) < 4.78 is 5.20. The first kappa shape index (κ1) is 7.76. The quantitative estimate of drug-likeness (QED) is 0.589. The molecule has 2 nitrogen and oxygen atoms in total. The standard InChI is InChI=1S/C8H14O2/c1-3-4-7-6(2)5-8(9)10-7/h3,6-9H,1,4-5H2,2H3/t6-,7-,8?/m0/s1. The first-order valence-corrected chi connectivity index (χ1v) is 3.68. The summed E-state index contributed by atoms with van der Waals surface area (Å²) in [6.45, 7) is 5.71. The van der Waals surface area contributed by atoms with Gasteiger partial charge in [0, 0.05) is 6.42 Å². The third-order valence-electron chi connectivity index (χ3n) is 1.94. The molecule has 1 N–H and O–H groups in total. The predicted octanol–water partition coefficient (Wildman–Crippen LogP) is 1.31. The summed E-state index contributed by atoms with van der Waals surface area (Å²) in [7, 11) is 0. The molecular formula is C8H14O2. The topological polar surface area (TPSA) is 29.5 Å². The Hall–Kier alpha value is -0.340. The molecular weight excluding hydrogens is 128 g/mol. The van der Waals surface area contributed by atoms with Gasteiger partial charge in [-0.05, 0) is 12.3 Å². The van der Waals surface area contributed by atoms with Crippen LogP contribution in [-0.4, -0.2) is 17.5 Å². The van der Waals surface area contributed by atoms with Crippen LogP contribution in [0.2, 0.25) is 0 Å². The van der Waals surface area contributed by atoms with E-state index >= 15 is 0 Å². The van der Waals surface area contributed by atoms with Gasteiger partial charge in [-0.2, -0.15) is 0 Å². The third-order valence-corrected chi connectivity index (χ3v) is 1.94. The fourth-order valence-corrected chi connectivity index (χ4v) is 1.31. The zero-order valence-electron chi connectivity index (χ0n) is 6.29. The highest BCUT2D eigenvalue weighted by atomic mass is 16.6. The molecule has 0 aliphatic carbocycles. The van der Waals surface area contributed by atoms with Crippen LogP contribution < -0.4 is 0 Å². The summed E-state index contributed by atoms with van der Waals surface area (Å²) in [6.07, 6.45) is 3.09. The molecule has 1 aliphatic rings. The zero-order chi connectivity index (χ0) is 7.56. The van der Waals surface area contributed by atoms with E-state index in [0.29, 0.717) is 5.92 Å². The molecule has 2 heteroatoms. The number of aliphatic hydroxyl groups excluding tert-OH is 1. The average Bonchev–Trinajstić information content (AvgIpc) is 2.13. The number of aliphatic hydroxyl groups is 1. The van der Waals surface area contributed by atoms with E-state index < -0.39 is 6.29 Å². The largest absolute Gasteiger partial charge is 0.368 e. The molecule has 1 rings (SSSR count). The second kappa shape index (κ2) is 3.17. The maximum atomic E-state index is 9.04. The van der Waals surface area contributed by atoms with Crippen molar-refractivity contribution in [1.82, 2.24) is 0 Å². The maximum Gasteiger partial charge on any atom is 0.155 e. The van der Waals surface area contributed by atoms with Crippen LogP contribution in [0.25, 0.3) is 0 Å². The van der Waals surface area contributed by atoms with Gasteiger partial charge in [-0.15, -0.1) is 6.58 Å². The van der Waals surface area contributed by atoms with Gasteiger partial charge in [0.15, 0.2) is 6.29 Å². The van der Waals surface area contributed by atoms with E-state index in [1.807, 2.05) is 6.08 Å². The number of rotatable bonds is 2. The average molecular weight is 142 g/mol. The van der Waals surface area contributed by atoms with Crippen LogP contribution in [0.15, 0.2) is 12.7 Å². The number of hydrogen-bond donors (Lipinski definition) is 1. The first-order chi connectivity index (χ1) is 4.74. The summed E-state index contributed by atoms with van der Waals surface area (Å²) in [4.78, 5) is 0. The van der Waals surface area contributed by atoms with Crippen molar-refractivity contribution in [1.29, 1.82) is 0 Å². The molecule has 58 valence electrons. The molecule has 10 heavy (non-hydrogen) atoms. The highest BCUT2D eigenvalue weighted by Gasteiger charge is 2.29. The molecule has 1 aliphatic heterocycles. The fraction of sp³-hybridized carbons (Fsp3) is 0.750. The van der Waals surface area contributed by atoms with E-state index in [9.17, 15) is 0 Å². The molecule has 1 fully saturated rings. The minimum absolute atomic E-state index is 0.187. The Bertz CT molecular complexity index is 122. The molecule has 1 heterocycles. The molecule has 0 aromatic heterocycles. The molecule has 0 saturated carbocycles. The zero-order valence-corrected chi connectivity index (χ0v) is 6.29. The highest BCUT2D eigenvalue weighted by Crippen LogP contribution is 2.26.